The van der Waals surface area contributed by atoms with Crippen molar-refractivity contribution in [1.82, 2.24) is 10.2 Å². The number of amides is 2. The lowest BCUT2D eigenvalue weighted by Gasteiger charge is -2.45. The molecule has 2 aliphatic rings. The first-order chi connectivity index (χ1) is 9.01. The Morgan fingerprint density at radius 2 is 1.79 bits per heavy atom. The molecule has 0 aromatic heterocycles. The quantitative estimate of drug-likeness (QED) is 0.826. The highest BCUT2D eigenvalue weighted by Gasteiger charge is 2.49. The highest BCUT2D eigenvalue weighted by atomic mass is 16.2. The van der Waals surface area contributed by atoms with Crippen LogP contribution >= 0.6 is 0 Å². The molecule has 2 rings (SSSR count). The fourth-order valence-electron chi connectivity index (χ4n) is 3.19. The van der Waals surface area contributed by atoms with E-state index < -0.39 is 0 Å². The number of carbonyl (C=O) groups is 2. The summed E-state index contributed by atoms with van der Waals surface area (Å²) in [5.41, 5.74) is 0. The normalized spacial score (nSPS) is 28.2. The number of carbonyl (C=O) groups excluding carboxylic acids is 2. The maximum Gasteiger partial charge on any atom is 0.246 e. The minimum absolute atomic E-state index is 0.0402. The second-order valence-corrected chi connectivity index (χ2v) is 6.23. The molecule has 1 aliphatic carbocycles. The maximum absolute atomic E-state index is 12.7. The van der Waals surface area contributed by atoms with Crippen molar-refractivity contribution >= 4 is 11.8 Å². The Hall–Kier alpha value is -1.06. The third-order valence-corrected chi connectivity index (χ3v) is 4.45. The van der Waals surface area contributed by atoms with Crippen LogP contribution in [0.15, 0.2) is 0 Å². The standard InChI is InChI=1S/C15H26N2O2/c1-5-11(6-2)17-13(9(3)4)14(18)16-12(15(17)19)10-7-8-10/h9-13H,5-8H2,1-4H3,(H,16,18). The number of nitrogens with one attached hydrogen (secondary N) is 1. The molecular formula is C15H26N2O2. The van der Waals surface area contributed by atoms with Crippen molar-refractivity contribution in [3.05, 3.63) is 0 Å². The lowest BCUT2D eigenvalue weighted by molar-refractivity contribution is -0.155. The molecule has 1 aliphatic heterocycles. The van der Waals surface area contributed by atoms with Gasteiger partial charge in [-0.2, -0.15) is 0 Å². The fourth-order valence-corrected chi connectivity index (χ4v) is 3.19. The van der Waals surface area contributed by atoms with Crippen molar-refractivity contribution in [2.24, 2.45) is 11.8 Å². The van der Waals surface area contributed by atoms with Crippen LogP contribution in [0, 0.1) is 11.8 Å². The Balaban J connectivity index is 2.28. The van der Waals surface area contributed by atoms with Gasteiger partial charge in [-0.15, -0.1) is 0 Å². The highest BCUT2D eigenvalue weighted by Crippen LogP contribution is 2.36. The molecule has 1 N–H and O–H groups in total. The van der Waals surface area contributed by atoms with E-state index in [2.05, 4.69) is 19.2 Å². The molecule has 108 valence electrons. The molecule has 2 unspecified atom stereocenters. The van der Waals surface area contributed by atoms with Crippen LogP contribution in [-0.2, 0) is 9.59 Å². The second-order valence-electron chi connectivity index (χ2n) is 6.23. The fraction of sp³-hybridized carbons (Fsp3) is 0.867. The number of rotatable bonds is 5. The van der Waals surface area contributed by atoms with E-state index in [1.165, 1.54) is 0 Å². The van der Waals surface area contributed by atoms with Crippen LogP contribution in [0.1, 0.15) is 53.4 Å². The van der Waals surface area contributed by atoms with Crippen molar-refractivity contribution in [2.75, 3.05) is 0 Å². The molecular weight excluding hydrogens is 240 g/mol. The molecule has 0 aromatic rings. The molecule has 0 spiro atoms. The summed E-state index contributed by atoms with van der Waals surface area (Å²) < 4.78 is 0. The van der Waals surface area contributed by atoms with E-state index in [0.717, 1.165) is 25.7 Å². The van der Waals surface area contributed by atoms with Gasteiger partial charge < -0.3 is 10.2 Å². The largest absolute Gasteiger partial charge is 0.342 e. The Kier molecular flexibility index (Phi) is 4.16. The Bertz CT molecular complexity index is 359. The lowest BCUT2D eigenvalue weighted by Crippen LogP contribution is -2.67. The molecule has 0 aromatic carbocycles. The van der Waals surface area contributed by atoms with Gasteiger partial charge in [0.15, 0.2) is 0 Å². The molecule has 2 fully saturated rings. The maximum atomic E-state index is 12.7. The van der Waals surface area contributed by atoms with Crippen LogP contribution in [0.3, 0.4) is 0 Å². The van der Waals surface area contributed by atoms with Gasteiger partial charge in [0.1, 0.15) is 12.1 Å². The van der Waals surface area contributed by atoms with Gasteiger partial charge >= 0.3 is 0 Å². The zero-order chi connectivity index (χ0) is 14.2. The van der Waals surface area contributed by atoms with E-state index in [1.807, 2.05) is 18.7 Å². The molecule has 2 atom stereocenters. The van der Waals surface area contributed by atoms with Crippen molar-refractivity contribution in [1.29, 1.82) is 0 Å². The number of hydrogen-bond donors (Lipinski definition) is 1. The van der Waals surface area contributed by atoms with Crippen molar-refractivity contribution < 1.29 is 9.59 Å². The first-order valence-electron chi connectivity index (χ1n) is 7.63. The van der Waals surface area contributed by atoms with E-state index in [9.17, 15) is 9.59 Å². The molecule has 4 heteroatoms. The smallest absolute Gasteiger partial charge is 0.246 e. The number of nitrogens with zero attached hydrogens (tertiary/aromatic N) is 1. The van der Waals surface area contributed by atoms with E-state index in [-0.39, 0.29) is 35.9 Å². The van der Waals surface area contributed by atoms with Gasteiger partial charge in [0.25, 0.3) is 0 Å². The highest BCUT2D eigenvalue weighted by molar-refractivity contribution is 5.97. The Morgan fingerprint density at radius 3 is 2.21 bits per heavy atom. The van der Waals surface area contributed by atoms with Crippen molar-refractivity contribution in [2.45, 2.75) is 71.5 Å². The topological polar surface area (TPSA) is 49.4 Å². The molecule has 4 nitrogen and oxygen atoms in total. The summed E-state index contributed by atoms with van der Waals surface area (Å²) in [6.45, 7) is 8.23. The molecule has 0 bridgehead atoms. The van der Waals surface area contributed by atoms with Gasteiger partial charge in [0, 0.05) is 6.04 Å². The van der Waals surface area contributed by atoms with Crippen LogP contribution in [-0.4, -0.2) is 34.8 Å². The minimum Gasteiger partial charge on any atom is -0.342 e. The van der Waals surface area contributed by atoms with Crippen LogP contribution in [0.25, 0.3) is 0 Å². The van der Waals surface area contributed by atoms with E-state index in [1.54, 1.807) is 0 Å². The summed E-state index contributed by atoms with van der Waals surface area (Å²) in [7, 11) is 0. The van der Waals surface area contributed by atoms with E-state index >= 15 is 0 Å². The number of hydrogen-bond acceptors (Lipinski definition) is 2. The van der Waals surface area contributed by atoms with Crippen LogP contribution < -0.4 is 5.32 Å². The second kappa shape index (κ2) is 5.51. The third kappa shape index (κ3) is 2.63. The van der Waals surface area contributed by atoms with E-state index in [4.69, 9.17) is 0 Å². The first kappa shape index (κ1) is 14.4. The Morgan fingerprint density at radius 1 is 1.21 bits per heavy atom. The van der Waals surface area contributed by atoms with Gasteiger partial charge in [-0.1, -0.05) is 27.7 Å². The summed E-state index contributed by atoms with van der Waals surface area (Å²) in [6, 6.07) is -0.373. The zero-order valence-corrected chi connectivity index (χ0v) is 12.5. The van der Waals surface area contributed by atoms with Gasteiger partial charge in [-0.05, 0) is 37.5 Å². The number of piperazine rings is 1. The van der Waals surface area contributed by atoms with Gasteiger partial charge in [-0.3, -0.25) is 9.59 Å². The average Bonchev–Trinajstić information content (AvgIpc) is 3.18. The monoisotopic (exact) mass is 266 g/mol. The van der Waals surface area contributed by atoms with Gasteiger partial charge in [0.2, 0.25) is 11.8 Å². The first-order valence-corrected chi connectivity index (χ1v) is 7.63. The summed E-state index contributed by atoms with van der Waals surface area (Å²) in [4.78, 5) is 27.0. The molecule has 0 radical (unpaired) electrons. The van der Waals surface area contributed by atoms with Crippen LogP contribution in [0.2, 0.25) is 0 Å². The van der Waals surface area contributed by atoms with Gasteiger partial charge in [-0.25, -0.2) is 0 Å². The predicted molar refractivity (Wildman–Crippen MR) is 74.5 cm³/mol. The summed E-state index contributed by atoms with van der Waals surface area (Å²) in [5, 5.41) is 2.96. The average molecular weight is 266 g/mol. The van der Waals surface area contributed by atoms with E-state index in [0.29, 0.717) is 5.92 Å². The van der Waals surface area contributed by atoms with Gasteiger partial charge in [0.05, 0.1) is 0 Å². The molecule has 19 heavy (non-hydrogen) atoms. The van der Waals surface area contributed by atoms with Crippen LogP contribution in [0.4, 0.5) is 0 Å². The molecule has 2 amide bonds. The molecule has 1 saturated heterocycles. The molecule has 1 saturated carbocycles. The third-order valence-electron chi connectivity index (χ3n) is 4.45. The lowest BCUT2D eigenvalue weighted by atomic mass is 9.92. The summed E-state index contributed by atoms with van der Waals surface area (Å²) in [6.07, 6.45) is 3.96. The Labute approximate surface area is 115 Å². The SMILES string of the molecule is CCC(CC)N1C(=O)C(C2CC2)NC(=O)C1C(C)C. The zero-order valence-electron chi connectivity index (χ0n) is 12.5. The molecule has 1 heterocycles. The van der Waals surface area contributed by atoms with Crippen molar-refractivity contribution in [3.8, 4) is 0 Å². The predicted octanol–water partition coefficient (Wildman–Crippen LogP) is 1.94. The summed E-state index contributed by atoms with van der Waals surface area (Å²) in [5.74, 6) is 0.721. The summed E-state index contributed by atoms with van der Waals surface area (Å²) >= 11 is 0. The minimum atomic E-state index is -0.299. The van der Waals surface area contributed by atoms with Crippen LogP contribution in [0.5, 0.6) is 0 Å². The van der Waals surface area contributed by atoms with Crippen molar-refractivity contribution in [3.63, 3.8) is 0 Å².